The van der Waals surface area contributed by atoms with Gasteiger partial charge in [-0.3, -0.25) is 9.78 Å². The van der Waals surface area contributed by atoms with Crippen LogP contribution >= 0.6 is 0 Å². The van der Waals surface area contributed by atoms with E-state index < -0.39 is 0 Å². The van der Waals surface area contributed by atoms with Crippen LogP contribution < -0.4 is 5.32 Å². The van der Waals surface area contributed by atoms with E-state index in [0.29, 0.717) is 12.5 Å². The summed E-state index contributed by atoms with van der Waals surface area (Å²) in [7, 11) is 0. The lowest BCUT2D eigenvalue weighted by atomic mass is 9.75. The number of carbonyl (C=O) groups is 1. The number of rotatable bonds is 5. The minimum atomic E-state index is -0.171. The highest BCUT2D eigenvalue weighted by atomic mass is 16.2. The fourth-order valence-electron chi connectivity index (χ4n) is 2.97. The number of hydrogen-bond donors (Lipinski definition) is 1. The van der Waals surface area contributed by atoms with Crippen LogP contribution in [0, 0.1) is 5.41 Å². The van der Waals surface area contributed by atoms with Crippen molar-refractivity contribution in [3.8, 4) is 0 Å². The second kappa shape index (κ2) is 6.84. The van der Waals surface area contributed by atoms with E-state index in [4.69, 9.17) is 0 Å². The first-order valence-corrected chi connectivity index (χ1v) is 7.62. The molecule has 0 spiro atoms. The van der Waals surface area contributed by atoms with E-state index in [1.165, 1.54) is 0 Å². The van der Waals surface area contributed by atoms with Crippen molar-refractivity contribution >= 4 is 5.91 Å². The molecular formula is C16H25N3O. The average Bonchev–Trinajstić information content (AvgIpc) is 2.53. The maximum atomic E-state index is 13.0. The summed E-state index contributed by atoms with van der Waals surface area (Å²) in [5, 5.41) is 3.35. The Balaban J connectivity index is 2.11. The van der Waals surface area contributed by atoms with Crippen LogP contribution in [0.1, 0.15) is 38.8 Å². The zero-order chi connectivity index (χ0) is 14.4. The Morgan fingerprint density at radius 1 is 1.35 bits per heavy atom. The Morgan fingerprint density at radius 2 is 2.10 bits per heavy atom. The monoisotopic (exact) mass is 275 g/mol. The van der Waals surface area contributed by atoms with E-state index in [9.17, 15) is 4.79 Å². The van der Waals surface area contributed by atoms with Crippen LogP contribution in [0.2, 0.25) is 0 Å². The minimum Gasteiger partial charge on any atom is -0.337 e. The SMILES string of the molecule is CCN(Cc1ccccn1)C(=O)C1(CC)CCNCC1. The molecule has 1 aromatic rings. The van der Waals surface area contributed by atoms with Crippen LogP contribution in [0.5, 0.6) is 0 Å². The molecule has 4 nitrogen and oxygen atoms in total. The largest absolute Gasteiger partial charge is 0.337 e. The first kappa shape index (κ1) is 15.0. The van der Waals surface area contributed by atoms with Gasteiger partial charge in [0.05, 0.1) is 17.7 Å². The van der Waals surface area contributed by atoms with Gasteiger partial charge in [-0.25, -0.2) is 0 Å². The Hall–Kier alpha value is -1.42. The Kier molecular flexibility index (Phi) is 5.12. The molecule has 2 heterocycles. The molecule has 1 aromatic heterocycles. The van der Waals surface area contributed by atoms with Gasteiger partial charge in [-0.2, -0.15) is 0 Å². The maximum absolute atomic E-state index is 13.0. The number of nitrogens with one attached hydrogen (secondary N) is 1. The molecule has 0 unspecified atom stereocenters. The lowest BCUT2D eigenvalue weighted by Gasteiger charge is -2.39. The van der Waals surface area contributed by atoms with Crippen molar-refractivity contribution in [2.75, 3.05) is 19.6 Å². The van der Waals surface area contributed by atoms with Crippen molar-refractivity contribution in [1.29, 1.82) is 0 Å². The van der Waals surface area contributed by atoms with E-state index in [-0.39, 0.29) is 5.41 Å². The summed E-state index contributed by atoms with van der Waals surface area (Å²) in [6.45, 7) is 7.43. The normalized spacial score (nSPS) is 17.7. The summed E-state index contributed by atoms with van der Waals surface area (Å²) in [6.07, 6.45) is 4.60. The van der Waals surface area contributed by atoms with Gasteiger partial charge < -0.3 is 10.2 Å². The molecule has 0 atom stereocenters. The van der Waals surface area contributed by atoms with E-state index in [1.54, 1.807) is 6.20 Å². The molecule has 1 fully saturated rings. The highest BCUT2D eigenvalue weighted by molar-refractivity contribution is 5.82. The molecular weight excluding hydrogens is 250 g/mol. The van der Waals surface area contributed by atoms with Gasteiger partial charge in [0.25, 0.3) is 0 Å². The van der Waals surface area contributed by atoms with E-state index in [2.05, 4.69) is 17.2 Å². The number of amides is 1. The Labute approximate surface area is 121 Å². The van der Waals surface area contributed by atoms with Gasteiger partial charge in [0.2, 0.25) is 5.91 Å². The second-order valence-corrected chi connectivity index (χ2v) is 5.52. The number of pyridine rings is 1. The summed E-state index contributed by atoms with van der Waals surface area (Å²) in [5.74, 6) is 0.301. The van der Waals surface area contributed by atoms with Crippen LogP contribution in [0.4, 0.5) is 0 Å². The summed E-state index contributed by atoms with van der Waals surface area (Å²) in [5.41, 5.74) is 0.790. The van der Waals surface area contributed by atoms with E-state index in [0.717, 1.165) is 44.6 Å². The topological polar surface area (TPSA) is 45.2 Å². The Morgan fingerprint density at radius 3 is 2.65 bits per heavy atom. The average molecular weight is 275 g/mol. The third kappa shape index (κ3) is 3.18. The first-order chi connectivity index (χ1) is 9.72. The number of carbonyl (C=O) groups excluding carboxylic acids is 1. The quantitative estimate of drug-likeness (QED) is 0.896. The van der Waals surface area contributed by atoms with E-state index in [1.807, 2.05) is 30.0 Å². The summed E-state index contributed by atoms with van der Waals surface area (Å²) >= 11 is 0. The van der Waals surface area contributed by atoms with Gasteiger partial charge in [0.15, 0.2) is 0 Å². The molecule has 1 amide bonds. The van der Waals surface area contributed by atoms with Gasteiger partial charge in [0, 0.05) is 12.7 Å². The fraction of sp³-hybridized carbons (Fsp3) is 0.625. The van der Waals surface area contributed by atoms with Crippen molar-refractivity contribution < 1.29 is 4.79 Å². The zero-order valence-corrected chi connectivity index (χ0v) is 12.6. The number of piperidine rings is 1. The lowest BCUT2D eigenvalue weighted by molar-refractivity contribution is -0.144. The molecule has 4 heteroatoms. The van der Waals surface area contributed by atoms with Gasteiger partial charge in [-0.1, -0.05) is 13.0 Å². The van der Waals surface area contributed by atoms with Crippen molar-refractivity contribution in [1.82, 2.24) is 15.2 Å². The maximum Gasteiger partial charge on any atom is 0.229 e. The molecule has 1 N–H and O–H groups in total. The van der Waals surface area contributed by atoms with Crippen LogP contribution in [0.15, 0.2) is 24.4 Å². The third-order valence-corrected chi connectivity index (χ3v) is 4.44. The molecule has 1 saturated heterocycles. The van der Waals surface area contributed by atoms with Crippen molar-refractivity contribution in [3.63, 3.8) is 0 Å². The fourth-order valence-corrected chi connectivity index (χ4v) is 2.97. The molecule has 1 aliphatic heterocycles. The van der Waals surface area contributed by atoms with Crippen molar-refractivity contribution in [3.05, 3.63) is 30.1 Å². The van der Waals surface area contributed by atoms with Gasteiger partial charge in [-0.05, 0) is 51.4 Å². The Bertz CT molecular complexity index is 427. The smallest absolute Gasteiger partial charge is 0.229 e. The van der Waals surface area contributed by atoms with Crippen molar-refractivity contribution in [2.45, 2.75) is 39.7 Å². The van der Waals surface area contributed by atoms with Crippen LogP contribution in [-0.2, 0) is 11.3 Å². The summed E-state index contributed by atoms with van der Waals surface area (Å²) < 4.78 is 0. The molecule has 2 rings (SSSR count). The minimum absolute atomic E-state index is 0.171. The predicted octanol–water partition coefficient (Wildman–Crippen LogP) is 2.21. The number of hydrogen-bond acceptors (Lipinski definition) is 3. The summed E-state index contributed by atoms with van der Waals surface area (Å²) in [6, 6.07) is 5.86. The molecule has 20 heavy (non-hydrogen) atoms. The van der Waals surface area contributed by atoms with Crippen LogP contribution in [0.25, 0.3) is 0 Å². The third-order valence-electron chi connectivity index (χ3n) is 4.44. The standard InChI is InChI=1S/C16H25N3O/c1-3-16(8-11-17-12-9-16)15(20)19(4-2)13-14-7-5-6-10-18-14/h5-7,10,17H,3-4,8-9,11-13H2,1-2H3. The van der Waals surface area contributed by atoms with Gasteiger partial charge >= 0.3 is 0 Å². The van der Waals surface area contributed by atoms with Crippen molar-refractivity contribution in [2.24, 2.45) is 5.41 Å². The van der Waals surface area contributed by atoms with Gasteiger partial charge in [-0.15, -0.1) is 0 Å². The molecule has 0 aromatic carbocycles. The first-order valence-electron chi connectivity index (χ1n) is 7.62. The van der Waals surface area contributed by atoms with E-state index >= 15 is 0 Å². The number of aromatic nitrogens is 1. The van der Waals surface area contributed by atoms with Crippen LogP contribution in [0.3, 0.4) is 0 Å². The lowest BCUT2D eigenvalue weighted by Crippen LogP contribution is -2.48. The highest BCUT2D eigenvalue weighted by Gasteiger charge is 2.40. The molecule has 0 radical (unpaired) electrons. The molecule has 1 aliphatic rings. The molecule has 0 bridgehead atoms. The highest BCUT2D eigenvalue weighted by Crippen LogP contribution is 2.35. The molecule has 110 valence electrons. The summed E-state index contributed by atoms with van der Waals surface area (Å²) in [4.78, 5) is 19.2. The van der Waals surface area contributed by atoms with Gasteiger partial charge in [0.1, 0.15) is 0 Å². The number of nitrogens with zero attached hydrogens (tertiary/aromatic N) is 2. The second-order valence-electron chi connectivity index (χ2n) is 5.52. The predicted molar refractivity (Wildman–Crippen MR) is 80.2 cm³/mol. The van der Waals surface area contributed by atoms with Crippen LogP contribution in [-0.4, -0.2) is 35.4 Å². The molecule has 0 saturated carbocycles. The zero-order valence-electron chi connectivity index (χ0n) is 12.6. The molecule has 0 aliphatic carbocycles.